The van der Waals surface area contributed by atoms with Gasteiger partial charge >= 0.3 is 0 Å². The van der Waals surface area contributed by atoms with E-state index in [9.17, 15) is 0 Å². The van der Waals surface area contributed by atoms with Crippen molar-refractivity contribution in [2.45, 2.75) is 13.8 Å². The van der Waals surface area contributed by atoms with Gasteiger partial charge < -0.3 is 5.32 Å². The highest BCUT2D eigenvalue weighted by molar-refractivity contribution is 9.10. The van der Waals surface area contributed by atoms with Crippen molar-refractivity contribution in [3.8, 4) is 6.07 Å². The lowest BCUT2D eigenvalue weighted by Crippen LogP contribution is -2.00. The average molecular weight is 302 g/mol. The van der Waals surface area contributed by atoms with E-state index in [1.165, 1.54) is 0 Å². The topological polar surface area (TPSA) is 48.7 Å². The second kappa shape index (κ2) is 5.19. The van der Waals surface area contributed by atoms with Crippen molar-refractivity contribution in [2.75, 3.05) is 5.32 Å². The molecule has 0 aliphatic heterocycles. The summed E-state index contributed by atoms with van der Waals surface area (Å²) in [5, 5.41) is 12.4. The molecule has 90 valence electrons. The summed E-state index contributed by atoms with van der Waals surface area (Å²) >= 11 is 3.43. The number of benzene rings is 1. The smallest absolute Gasteiger partial charge is 0.148 e. The van der Waals surface area contributed by atoms with Gasteiger partial charge in [0.2, 0.25) is 0 Å². The van der Waals surface area contributed by atoms with E-state index < -0.39 is 0 Å². The van der Waals surface area contributed by atoms with Gasteiger partial charge in [-0.2, -0.15) is 5.26 Å². The Morgan fingerprint density at radius 2 is 2.00 bits per heavy atom. The Balaban J connectivity index is 2.44. The number of anilines is 2. The summed E-state index contributed by atoms with van der Waals surface area (Å²) in [4.78, 5) is 4.23. The van der Waals surface area contributed by atoms with Crippen LogP contribution in [0.15, 0.2) is 34.9 Å². The van der Waals surface area contributed by atoms with Crippen LogP contribution < -0.4 is 5.32 Å². The third-order valence-electron chi connectivity index (χ3n) is 2.72. The molecular weight excluding hydrogens is 290 g/mol. The second-order valence-corrected chi connectivity index (χ2v) is 4.96. The Labute approximate surface area is 115 Å². The fourth-order valence-corrected chi connectivity index (χ4v) is 2.01. The standard InChI is InChI=1S/C14H12BrN3/c1-9-5-6-17-14(12(9)8-16)18-13-7-11(15)4-3-10(13)2/h3-7H,1-2H3,(H,17,18). The van der Waals surface area contributed by atoms with Crippen LogP contribution in [0, 0.1) is 25.2 Å². The van der Waals surface area contributed by atoms with E-state index in [1.54, 1.807) is 6.20 Å². The molecule has 2 rings (SSSR count). The van der Waals surface area contributed by atoms with E-state index in [-0.39, 0.29) is 0 Å². The molecule has 4 heteroatoms. The lowest BCUT2D eigenvalue weighted by molar-refractivity contribution is 1.24. The molecular formula is C14H12BrN3. The lowest BCUT2D eigenvalue weighted by Gasteiger charge is -2.11. The van der Waals surface area contributed by atoms with Crippen molar-refractivity contribution < 1.29 is 0 Å². The number of rotatable bonds is 2. The van der Waals surface area contributed by atoms with Gasteiger partial charge in [0.25, 0.3) is 0 Å². The highest BCUT2D eigenvalue weighted by atomic mass is 79.9. The molecule has 1 aromatic carbocycles. The van der Waals surface area contributed by atoms with Gasteiger partial charge in [0.05, 0.1) is 5.56 Å². The minimum absolute atomic E-state index is 0.580. The Morgan fingerprint density at radius 1 is 1.22 bits per heavy atom. The Hall–Kier alpha value is -1.86. The number of nitrogens with one attached hydrogen (secondary N) is 1. The number of aromatic nitrogens is 1. The molecule has 0 radical (unpaired) electrons. The zero-order valence-corrected chi connectivity index (χ0v) is 11.7. The van der Waals surface area contributed by atoms with Crippen LogP contribution in [-0.4, -0.2) is 4.98 Å². The van der Waals surface area contributed by atoms with E-state index in [1.807, 2.05) is 38.1 Å². The van der Waals surface area contributed by atoms with Gasteiger partial charge in [-0.3, -0.25) is 0 Å². The molecule has 0 saturated carbocycles. The highest BCUT2D eigenvalue weighted by Crippen LogP contribution is 2.25. The molecule has 0 spiro atoms. The fourth-order valence-electron chi connectivity index (χ4n) is 1.65. The summed E-state index contributed by atoms with van der Waals surface area (Å²) in [6, 6.07) is 9.97. The van der Waals surface area contributed by atoms with E-state index in [0.29, 0.717) is 11.4 Å². The molecule has 18 heavy (non-hydrogen) atoms. The van der Waals surface area contributed by atoms with E-state index in [0.717, 1.165) is 21.3 Å². The number of nitrogens with zero attached hydrogens (tertiary/aromatic N) is 2. The first-order valence-electron chi connectivity index (χ1n) is 5.50. The maximum atomic E-state index is 9.16. The van der Waals surface area contributed by atoms with Gasteiger partial charge in [-0.1, -0.05) is 22.0 Å². The first-order chi connectivity index (χ1) is 8.61. The average Bonchev–Trinajstić information content (AvgIpc) is 2.34. The van der Waals surface area contributed by atoms with Gasteiger partial charge in [-0.15, -0.1) is 0 Å². The van der Waals surface area contributed by atoms with Crippen LogP contribution in [-0.2, 0) is 0 Å². The van der Waals surface area contributed by atoms with Gasteiger partial charge in [0.1, 0.15) is 11.9 Å². The van der Waals surface area contributed by atoms with Crippen molar-refractivity contribution in [1.29, 1.82) is 5.26 Å². The molecule has 0 fully saturated rings. The summed E-state index contributed by atoms with van der Waals surface area (Å²) in [5.41, 5.74) is 3.55. The highest BCUT2D eigenvalue weighted by Gasteiger charge is 2.08. The molecule has 0 saturated heterocycles. The van der Waals surface area contributed by atoms with Gasteiger partial charge in [-0.25, -0.2) is 4.98 Å². The van der Waals surface area contributed by atoms with Crippen molar-refractivity contribution in [3.05, 3.63) is 51.6 Å². The fraction of sp³-hybridized carbons (Fsp3) is 0.143. The van der Waals surface area contributed by atoms with Crippen molar-refractivity contribution in [2.24, 2.45) is 0 Å². The maximum Gasteiger partial charge on any atom is 0.148 e. The second-order valence-electron chi connectivity index (χ2n) is 4.05. The SMILES string of the molecule is Cc1ccc(Br)cc1Nc1nccc(C)c1C#N. The van der Waals surface area contributed by atoms with Crippen LogP contribution in [0.5, 0.6) is 0 Å². The molecule has 0 aliphatic rings. The molecule has 1 aromatic heterocycles. The zero-order valence-electron chi connectivity index (χ0n) is 10.2. The number of halogens is 1. The van der Waals surface area contributed by atoms with E-state index in [4.69, 9.17) is 5.26 Å². The van der Waals surface area contributed by atoms with Gasteiger partial charge in [0, 0.05) is 16.4 Å². The third-order valence-corrected chi connectivity index (χ3v) is 3.22. The number of pyridine rings is 1. The Bertz CT molecular complexity index is 629. The predicted molar refractivity (Wildman–Crippen MR) is 75.9 cm³/mol. The summed E-state index contributed by atoms with van der Waals surface area (Å²) in [6.07, 6.45) is 1.70. The zero-order chi connectivity index (χ0) is 13.1. The molecule has 0 atom stereocenters. The van der Waals surface area contributed by atoms with Crippen LogP contribution in [0.25, 0.3) is 0 Å². The third kappa shape index (κ3) is 2.52. The molecule has 1 N–H and O–H groups in total. The van der Waals surface area contributed by atoms with Crippen molar-refractivity contribution >= 4 is 27.4 Å². The Morgan fingerprint density at radius 3 is 2.72 bits per heavy atom. The number of hydrogen-bond donors (Lipinski definition) is 1. The number of aryl methyl sites for hydroxylation is 2. The molecule has 0 amide bonds. The van der Waals surface area contributed by atoms with E-state index >= 15 is 0 Å². The van der Waals surface area contributed by atoms with Crippen molar-refractivity contribution in [3.63, 3.8) is 0 Å². The largest absolute Gasteiger partial charge is 0.339 e. The van der Waals surface area contributed by atoms with E-state index in [2.05, 4.69) is 32.3 Å². The van der Waals surface area contributed by atoms with Crippen LogP contribution in [0.3, 0.4) is 0 Å². The van der Waals surface area contributed by atoms with Gasteiger partial charge in [0.15, 0.2) is 0 Å². The molecule has 0 unspecified atom stereocenters. The molecule has 2 aromatic rings. The first-order valence-corrected chi connectivity index (χ1v) is 6.30. The predicted octanol–water partition coefficient (Wildman–Crippen LogP) is 4.08. The quantitative estimate of drug-likeness (QED) is 0.909. The Kier molecular flexibility index (Phi) is 3.63. The van der Waals surface area contributed by atoms with Crippen LogP contribution in [0.1, 0.15) is 16.7 Å². The summed E-state index contributed by atoms with van der Waals surface area (Å²) in [5.74, 6) is 0.596. The lowest BCUT2D eigenvalue weighted by atomic mass is 10.1. The normalized spacial score (nSPS) is 9.89. The van der Waals surface area contributed by atoms with Crippen LogP contribution in [0.2, 0.25) is 0 Å². The summed E-state index contributed by atoms with van der Waals surface area (Å²) < 4.78 is 0.988. The van der Waals surface area contributed by atoms with Crippen LogP contribution >= 0.6 is 15.9 Å². The minimum atomic E-state index is 0.580. The number of nitriles is 1. The first kappa shape index (κ1) is 12.6. The van der Waals surface area contributed by atoms with Gasteiger partial charge in [-0.05, 0) is 43.2 Å². The monoisotopic (exact) mass is 301 g/mol. The molecule has 0 aliphatic carbocycles. The molecule has 1 heterocycles. The summed E-state index contributed by atoms with van der Waals surface area (Å²) in [7, 11) is 0. The molecule has 0 bridgehead atoms. The van der Waals surface area contributed by atoms with Crippen LogP contribution in [0.4, 0.5) is 11.5 Å². The minimum Gasteiger partial charge on any atom is -0.339 e. The number of hydrogen-bond acceptors (Lipinski definition) is 3. The van der Waals surface area contributed by atoms with Crippen molar-refractivity contribution in [1.82, 2.24) is 4.98 Å². The maximum absolute atomic E-state index is 9.16. The molecule has 3 nitrogen and oxygen atoms in total. The summed E-state index contributed by atoms with van der Waals surface area (Å²) in [6.45, 7) is 3.91.